The van der Waals surface area contributed by atoms with Crippen LogP contribution in [0.5, 0.6) is 11.5 Å². The van der Waals surface area contributed by atoms with Crippen molar-refractivity contribution in [2.24, 2.45) is 5.92 Å². The highest BCUT2D eigenvalue weighted by Crippen LogP contribution is 2.50. The smallest absolute Gasteiger partial charge is 0.234 e. The standard InChI is InChI=1S/C25H38N2O4/c1-30-21-12-11-18(16-22(21)31-2)24-20-10-6-7-13-25(20,29)14-15-27(24)17-23(28)26-19-8-4-3-5-9-19/h11-12,16,19-20,24,29H,3-10,13-15,17H2,1-2H3,(H,26,28)/t20-,24-,25+/m0/s1. The monoisotopic (exact) mass is 430 g/mol. The van der Waals surface area contributed by atoms with Gasteiger partial charge in [0, 0.05) is 24.5 Å². The van der Waals surface area contributed by atoms with E-state index in [0.29, 0.717) is 24.1 Å². The topological polar surface area (TPSA) is 71.0 Å². The fourth-order valence-electron chi connectivity index (χ4n) is 6.10. The van der Waals surface area contributed by atoms with Crippen LogP contribution in [0.4, 0.5) is 0 Å². The molecule has 2 saturated carbocycles. The van der Waals surface area contributed by atoms with Gasteiger partial charge in [0.25, 0.3) is 0 Å². The summed E-state index contributed by atoms with van der Waals surface area (Å²) in [6.07, 6.45) is 10.6. The number of carbonyl (C=O) groups excluding carboxylic acids is 1. The molecule has 31 heavy (non-hydrogen) atoms. The Morgan fingerprint density at radius 2 is 1.81 bits per heavy atom. The molecule has 1 aliphatic heterocycles. The van der Waals surface area contributed by atoms with Gasteiger partial charge in [0.15, 0.2) is 11.5 Å². The van der Waals surface area contributed by atoms with Crippen LogP contribution in [-0.4, -0.2) is 54.9 Å². The van der Waals surface area contributed by atoms with Crippen LogP contribution in [0.15, 0.2) is 18.2 Å². The summed E-state index contributed by atoms with van der Waals surface area (Å²) in [6.45, 7) is 1.10. The minimum absolute atomic E-state index is 0.00374. The molecule has 1 heterocycles. The zero-order valence-electron chi connectivity index (χ0n) is 19.1. The van der Waals surface area contributed by atoms with E-state index in [1.54, 1.807) is 14.2 Å². The van der Waals surface area contributed by atoms with Crippen LogP contribution in [0, 0.1) is 5.92 Å². The Labute approximate surface area is 186 Å². The second kappa shape index (κ2) is 9.78. The summed E-state index contributed by atoms with van der Waals surface area (Å²) in [4.78, 5) is 15.2. The summed E-state index contributed by atoms with van der Waals surface area (Å²) in [6, 6.07) is 6.34. The van der Waals surface area contributed by atoms with Gasteiger partial charge in [-0.1, -0.05) is 38.2 Å². The molecule has 0 spiro atoms. The maximum atomic E-state index is 13.0. The molecule has 2 aliphatic carbocycles. The Hall–Kier alpha value is -1.79. The van der Waals surface area contributed by atoms with Crippen LogP contribution in [0.3, 0.4) is 0 Å². The van der Waals surface area contributed by atoms with Gasteiger partial charge in [-0.2, -0.15) is 0 Å². The van der Waals surface area contributed by atoms with Crippen molar-refractivity contribution in [2.45, 2.75) is 81.9 Å². The van der Waals surface area contributed by atoms with Crippen molar-refractivity contribution in [2.75, 3.05) is 27.3 Å². The molecule has 172 valence electrons. The van der Waals surface area contributed by atoms with Crippen LogP contribution < -0.4 is 14.8 Å². The van der Waals surface area contributed by atoms with Crippen LogP contribution in [0.1, 0.15) is 75.8 Å². The third-order valence-corrected chi connectivity index (χ3v) is 7.74. The van der Waals surface area contributed by atoms with Crippen molar-refractivity contribution in [3.8, 4) is 11.5 Å². The average molecular weight is 431 g/mol. The SMILES string of the molecule is COc1ccc([C@H]2[C@@H]3CCCC[C@@]3(O)CCN2CC(=O)NC2CCCCC2)cc1OC. The van der Waals surface area contributed by atoms with Gasteiger partial charge in [-0.3, -0.25) is 9.69 Å². The molecule has 0 bridgehead atoms. The predicted molar refractivity (Wildman–Crippen MR) is 120 cm³/mol. The van der Waals surface area contributed by atoms with Gasteiger partial charge in [0.1, 0.15) is 0 Å². The first kappa shape index (κ1) is 22.4. The van der Waals surface area contributed by atoms with Crippen molar-refractivity contribution >= 4 is 5.91 Å². The third-order valence-electron chi connectivity index (χ3n) is 7.74. The molecular formula is C25H38N2O4. The summed E-state index contributed by atoms with van der Waals surface area (Å²) >= 11 is 0. The third kappa shape index (κ3) is 4.85. The van der Waals surface area contributed by atoms with Gasteiger partial charge in [-0.15, -0.1) is 0 Å². The van der Waals surface area contributed by atoms with E-state index in [-0.39, 0.29) is 17.9 Å². The highest BCUT2D eigenvalue weighted by molar-refractivity contribution is 5.78. The van der Waals surface area contributed by atoms with E-state index in [0.717, 1.165) is 57.1 Å². The van der Waals surface area contributed by atoms with Crippen molar-refractivity contribution in [1.82, 2.24) is 10.2 Å². The molecule has 6 heteroatoms. The molecule has 1 aromatic carbocycles. The summed E-state index contributed by atoms with van der Waals surface area (Å²) in [5, 5.41) is 14.8. The predicted octanol–water partition coefficient (Wildman–Crippen LogP) is 3.82. The normalized spacial score (nSPS) is 29.8. The van der Waals surface area contributed by atoms with Crippen molar-refractivity contribution in [1.29, 1.82) is 0 Å². The Morgan fingerprint density at radius 1 is 1.06 bits per heavy atom. The molecule has 6 nitrogen and oxygen atoms in total. The van der Waals surface area contributed by atoms with Gasteiger partial charge in [-0.05, 0) is 49.8 Å². The van der Waals surface area contributed by atoms with Crippen molar-refractivity contribution in [3.63, 3.8) is 0 Å². The quantitative estimate of drug-likeness (QED) is 0.718. The first-order chi connectivity index (χ1) is 15.0. The number of amides is 1. The molecule has 3 fully saturated rings. The first-order valence-corrected chi connectivity index (χ1v) is 12.0. The lowest BCUT2D eigenvalue weighted by Crippen LogP contribution is -2.56. The molecular weight excluding hydrogens is 392 g/mol. The molecule has 0 aromatic heterocycles. The Kier molecular flexibility index (Phi) is 7.07. The molecule has 4 rings (SSSR count). The maximum absolute atomic E-state index is 13.0. The number of hydrogen-bond acceptors (Lipinski definition) is 5. The maximum Gasteiger partial charge on any atom is 0.234 e. The highest BCUT2D eigenvalue weighted by atomic mass is 16.5. The summed E-state index contributed by atoms with van der Waals surface area (Å²) < 4.78 is 11.0. The van der Waals surface area contributed by atoms with E-state index in [2.05, 4.69) is 16.3 Å². The zero-order chi connectivity index (χ0) is 21.8. The van der Waals surface area contributed by atoms with E-state index in [1.165, 1.54) is 19.3 Å². The van der Waals surface area contributed by atoms with Crippen LogP contribution >= 0.6 is 0 Å². The fraction of sp³-hybridized carbons (Fsp3) is 0.720. The van der Waals surface area contributed by atoms with Crippen LogP contribution in [-0.2, 0) is 4.79 Å². The number of nitrogens with one attached hydrogen (secondary N) is 1. The second-order valence-corrected chi connectivity index (χ2v) is 9.64. The lowest BCUT2D eigenvalue weighted by atomic mass is 9.66. The van der Waals surface area contributed by atoms with E-state index in [9.17, 15) is 9.90 Å². The summed E-state index contributed by atoms with van der Waals surface area (Å²) in [7, 11) is 3.29. The van der Waals surface area contributed by atoms with E-state index in [4.69, 9.17) is 9.47 Å². The Balaban J connectivity index is 1.58. The highest BCUT2D eigenvalue weighted by Gasteiger charge is 2.49. The lowest BCUT2D eigenvalue weighted by Gasteiger charge is -2.52. The Bertz CT molecular complexity index is 764. The molecule has 1 amide bonds. The number of aliphatic hydroxyl groups is 1. The zero-order valence-corrected chi connectivity index (χ0v) is 19.1. The number of benzene rings is 1. The molecule has 3 aliphatic rings. The van der Waals surface area contributed by atoms with E-state index in [1.807, 2.05) is 12.1 Å². The number of ether oxygens (including phenoxy) is 2. The van der Waals surface area contributed by atoms with Gasteiger partial charge in [-0.25, -0.2) is 0 Å². The number of carbonyl (C=O) groups is 1. The minimum Gasteiger partial charge on any atom is -0.493 e. The van der Waals surface area contributed by atoms with Gasteiger partial charge < -0.3 is 19.9 Å². The van der Waals surface area contributed by atoms with E-state index < -0.39 is 5.60 Å². The Morgan fingerprint density at radius 3 is 2.55 bits per heavy atom. The lowest BCUT2D eigenvalue weighted by molar-refractivity contribution is -0.138. The number of hydrogen-bond donors (Lipinski definition) is 2. The van der Waals surface area contributed by atoms with Crippen LogP contribution in [0.25, 0.3) is 0 Å². The number of likely N-dealkylation sites (tertiary alicyclic amines) is 1. The van der Waals surface area contributed by atoms with Gasteiger partial charge in [0.05, 0.1) is 26.4 Å². The second-order valence-electron chi connectivity index (χ2n) is 9.64. The minimum atomic E-state index is -0.646. The molecule has 0 unspecified atom stereocenters. The van der Waals surface area contributed by atoms with Crippen molar-refractivity contribution in [3.05, 3.63) is 23.8 Å². The number of rotatable bonds is 6. The van der Waals surface area contributed by atoms with Crippen molar-refractivity contribution < 1.29 is 19.4 Å². The largest absolute Gasteiger partial charge is 0.493 e. The van der Waals surface area contributed by atoms with Gasteiger partial charge in [0.2, 0.25) is 5.91 Å². The molecule has 2 N–H and O–H groups in total. The van der Waals surface area contributed by atoms with E-state index >= 15 is 0 Å². The summed E-state index contributed by atoms with van der Waals surface area (Å²) in [5.74, 6) is 1.62. The van der Waals surface area contributed by atoms with Crippen LogP contribution in [0.2, 0.25) is 0 Å². The number of nitrogens with zero attached hydrogens (tertiary/aromatic N) is 1. The molecule has 3 atom stereocenters. The van der Waals surface area contributed by atoms with Gasteiger partial charge >= 0.3 is 0 Å². The fourth-order valence-corrected chi connectivity index (χ4v) is 6.10. The first-order valence-electron chi connectivity index (χ1n) is 12.0. The molecule has 1 aromatic rings. The summed E-state index contributed by atoms with van der Waals surface area (Å²) in [5.41, 5.74) is 0.444. The molecule has 0 radical (unpaired) electrons. The number of piperidine rings is 1. The molecule has 1 saturated heterocycles. The number of methoxy groups -OCH3 is 2. The average Bonchev–Trinajstić information content (AvgIpc) is 2.79. The number of fused-ring (bicyclic) bond motifs is 1.